The fourth-order valence-electron chi connectivity index (χ4n) is 1.58. The third-order valence-corrected chi connectivity index (χ3v) is 3.21. The fraction of sp³-hybridized carbons (Fsp3) is 0.667. The Hall–Kier alpha value is -1.16. The zero-order chi connectivity index (χ0) is 12.2. The van der Waals surface area contributed by atoms with Crippen molar-refractivity contribution in [3.8, 4) is 0 Å². The summed E-state index contributed by atoms with van der Waals surface area (Å²) >= 11 is 0. The first-order chi connectivity index (χ1) is 7.53. The van der Waals surface area contributed by atoms with Gasteiger partial charge in [-0.05, 0) is 13.3 Å². The molecule has 0 aliphatic carbocycles. The van der Waals surface area contributed by atoms with Crippen LogP contribution < -0.4 is 0 Å². The summed E-state index contributed by atoms with van der Waals surface area (Å²) in [5.74, 6) is 1.07. The van der Waals surface area contributed by atoms with Crippen molar-refractivity contribution < 1.29 is 9.53 Å². The molecule has 1 unspecified atom stereocenters. The van der Waals surface area contributed by atoms with Gasteiger partial charge < -0.3 is 9.30 Å². The van der Waals surface area contributed by atoms with E-state index in [4.69, 9.17) is 4.74 Å². The minimum Gasteiger partial charge on any atom is -0.371 e. The number of ketones is 1. The number of carbonyl (C=O) groups excluding carboxylic acids is 1. The van der Waals surface area contributed by atoms with Crippen LogP contribution in [0.15, 0.2) is 12.4 Å². The zero-order valence-corrected chi connectivity index (χ0v) is 10.5. The summed E-state index contributed by atoms with van der Waals surface area (Å²) in [5.41, 5.74) is -0.648. The van der Waals surface area contributed by atoms with Crippen molar-refractivity contribution in [2.45, 2.75) is 38.7 Å². The Morgan fingerprint density at radius 3 is 2.75 bits per heavy atom. The molecule has 0 spiro atoms. The van der Waals surface area contributed by atoms with Crippen LogP contribution in [0.1, 0.15) is 32.5 Å². The molecule has 1 atom stereocenters. The Balaban J connectivity index is 2.56. The van der Waals surface area contributed by atoms with E-state index in [9.17, 15) is 4.79 Å². The summed E-state index contributed by atoms with van der Waals surface area (Å²) in [5, 5.41) is 0. The summed E-state index contributed by atoms with van der Waals surface area (Å²) in [4.78, 5) is 16.2. The molecule has 0 fully saturated rings. The van der Waals surface area contributed by atoms with Crippen molar-refractivity contribution in [3.63, 3.8) is 0 Å². The average molecular weight is 224 g/mol. The van der Waals surface area contributed by atoms with Crippen LogP contribution in [0.25, 0.3) is 0 Å². The first-order valence-electron chi connectivity index (χ1n) is 5.58. The number of Topliss-reactive ketones (excluding diaryl/α,β-unsaturated/α-hetero) is 1. The number of imidazole rings is 1. The normalized spacial score (nSPS) is 14.8. The van der Waals surface area contributed by atoms with Gasteiger partial charge in [0.05, 0.1) is 0 Å². The minimum absolute atomic E-state index is 0.139. The standard InChI is InChI=1S/C12H20N2O2/c1-5-12(2,16-4)10(15)6-7-11-13-8-9-14(11)3/h8-9H,5-7H2,1-4H3. The average Bonchev–Trinajstić information content (AvgIpc) is 2.70. The van der Waals surface area contributed by atoms with Gasteiger partial charge in [-0.25, -0.2) is 4.98 Å². The van der Waals surface area contributed by atoms with Crippen molar-refractivity contribution in [2.24, 2.45) is 7.05 Å². The van der Waals surface area contributed by atoms with Crippen LogP contribution >= 0.6 is 0 Å². The predicted molar refractivity (Wildman–Crippen MR) is 62.2 cm³/mol. The molecule has 0 saturated carbocycles. The topological polar surface area (TPSA) is 44.1 Å². The molecule has 1 rings (SSSR count). The minimum atomic E-state index is -0.648. The first kappa shape index (κ1) is 12.9. The van der Waals surface area contributed by atoms with E-state index in [0.717, 1.165) is 5.82 Å². The number of nitrogens with zero attached hydrogens (tertiary/aromatic N) is 2. The maximum Gasteiger partial charge on any atom is 0.164 e. The molecule has 1 aromatic heterocycles. The second kappa shape index (κ2) is 5.25. The molecule has 0 radical (unpaired) electrons. The zero-order valence-electron chi connectivity index (χ0n) is 10.5. The van der Waals surface area contributed by atoms with Crippen LogP contribution in [0.5, 0.6) is 0 Å². The Morgan fingerprint density at radius 1 is 1.62 bits per heavy atom. The van der Waals surface area contributed by atoms with Crippen molar-refractivity contribution in [1.29, 1.82) is 0 Å². The number of hydrogen-bond donors (Lipinski definition) is 0. The van der Waals surface area contributed by atoms with Gasteiger partial charge in [0.25, 0.3) is 0 Å². The van der Waals surface area contributed by atoms with Gasteiger partial charge in [0.2, 0.25) is 0 Å². The van der Waals surface area contributed by atoms with E-state index in [1.54, 1.807) is 13.3 Å². The molecule has 90 valence electrons. The van der Waals surface area contributed by atoms with Gasteiger partial charge in [0.1, 0.15) is 11.4 Å². The number of aromatic nitrogens is 2. The SMILES string of the molecule is CCC(C)(OC)C(=O)CCc1nccn1C. The highest BCUT2D eigenvalue weighted by Gasteiger charge is 2.30. The second-order valence-electron chi connectivity index (χ2n) is 4.17. The molecule has 4 heteroatoms. The van der Waals surface area contributed by atoms with E-state index >= 15 is 0 Å². The van der Waals surface area contributed by atoms with Crippen molar-refractivity contribution in [2.75, 3.05) is 7.11 Å². The third kappa shape index (κ3) is 2.70. The third-order valence-electron chi connectivity index (χ3n) is 3.21. The van der Waals surface area contributed by atoms with Gasteiger partial charge in [-0.1, -0.05) is 6.92 Å². The monoisotopic (exact) mass is 224 g/mol. The lowest BCUT2D eigenvalue weighted by Crippen LogP contribution is -2.36. The number of carbonyl (C=O) groups is 1. The second-order valence-corrected chi connectivity index (χ2v) is 4.17. The fourth-order valence-corrected chi connectivity index (χ4v) is 1.58. The highest BCUT2D eigenvalue weighted by molar-refractivity contribution is 5.86. The molecule has 0 aliphatic rings. The Morgan fingerprint density at radius 2 is 2.31 bits per heavy atom. The van der Waals surface area contributed by atoms with Gasteiger partial charge in [-0.2, -0.15) is 0 Å². The number of ether oxygens (including phenoxy) is 1. The highest BCUT2D eigenvalue weighted by Crippen LogP contribution is 2.18. The maximum atomic E-state index is 12.0. The van der Waals surface area contributed by atoms with Gasteiger partial charge >= 0.3 is 0 Å². The maximum absolute atomic E-state index is 12.0. The van der Waals surface area contributed by atoms with E-state index in [-0.39, 0.29) is 5.78 Å². The van der Waals surface area contributed by atoms with Crippen LogP contribution in [-0.2, 0) is 23.0 Å². The smallest absolute Gasteiger partial charge is 0.164 e. The van der Waals surface area contributed by atoms with Crippen molar-refractivity contribution in [3.05, 3.63) is 18.2 Å². The summed E-state index contributed by atoms with van der Waals surface area (Å²) in [7, 11) is 3.52. The van der Waals surface area contributed by atoms with E-state index in [1.165, 1.54) is 0 Å². The van der Waals surface area contributed by atoms with E-state index in [2.05, 4.69) is 4.98 Å². The van der Waals surface area contributed by atoms with Crippen molar-refractivity contribution >= 4 is 5.78 Å². The molecule has 0 saturated heterocycles. The van der Waals surface area contributed by atoms with Crippen LogP contribution in [0, 0.1) is 0 Å². The van der Waals surface area contributed by atoms with Gasteiger partial charge in [0.15, 0.2) is 5.78 Å². The number of rotatable bonds is 6. The Labute approximate surface area is 96.6 Å². The van der Waals surface area contributed by atoms with Crippen LogP contribution in [0.2, 0.25) is 0 Å². The Kier molecular flexibility index (Phi) is 4.24. The number of aryl methyl sites for hydroxylation is 2. The van der Waals surface area contributed by atoms with E-state index in [1.807, 2.05) is 31.7 Å². The first-order valence-corrected chi connectivity index (χ1v) is 5.58. The summed E-state index contributed by atoms with van der Waals surface area (Å²) in [6.45, 7) is 3.80. The van der Waals surface area contributed by atoms with E-state index < -0.39 is 5.60 Å². The predicted octanol–water partition coefficient (Wildman–Crippen LogP) is 1.74. The summed E-state index contributed by atoms with van der Waals surface area (Å²) < 4.78 is 7.21. The molecular formula is C12H20N2O2. The largest absolute Gasteiger partial charge is 0.371 e. The highest BCUT2D eigenvalue weighted by atomic mass is 16.5. The number of hydrogen-bond acceptors (Lipinski definition) is 3. The molecule has 4 nitrogen and oxygen atoms in total. The molecular weight excluding hydrogens is 204 g/mol. The summed E-state index contributed by atoms with van der Waals surface area (Å²) in [6, 6.07) is 0. The van der Waals surface area contributed by atoms with Crippen LogP contribution in [-0.4, -0.2) is 28.0 Å². The van der Waals surface area contributed by atoms with Crippen LogP contribution in [0.4, 0.5) is 0 Å². The quantitative estimate of drug-likeness (QED) is 0.739. The molecule has 1 aromatic rings. The molecule has 0 aromatic carbocycles. The van der Waals surface area contributed by atoms with Crippen LogP contribution in [0.3, 0.4) is 0 Å². The van der Waals surface area contributed by atoms with Gasteiger partial charge in [-0.15, -0.1) is 0 Å². The van der Waals surface area contributed by atoms with Gasteiger partial charge in [-0.3, -0.25) is 4.79 Å². The molecule has 1 heterocycles. The molecule has 0 aliphatic heterocycles. The number of methoxy groups -OCH3 is 1. The lowest BCUT2D eigenvalue weighted by molar-refractivity contribution is -0.139. The van der Waals surface area contributed by atoms with Gasteiger partial charge in [0, 0.05) is 39.4 Å². The van der Waals surface area contributed by atoms with E-state index in [0.29, 0.717) is 19.3 Å². The molecule has 0 N–H and O–H groups in total. The lowest BCUT2D eigenvalue weighted by atomic mass is 9.94. The lowest BCUT2D eigenvalue weighted by Gasteiger charge is -2.24. The molecule has 16 heavy (non-hydrogen) atoms. The molecule has 0 bridgehead atoms. The molecule has 0 amide bonds. The van der Waals surface area contributed by atoms with Crippen molar-refractivity contribution in [1.82, 2.24) is 9.55 Å². The summed E-state index contributed by atoms with van der Waals surface area (Å²) in [6.07, 6.45) is 5.47. The Bertz CT molecular complexity index is 354.